The van der Waals surface area contributed by atoms with Crippen molar-refractivity contribution < 1.29 is 9.59 Å². The van der Waals surface area contributed by atoms with E-state index in [0.717, 1.165) is 50.4 Å². The number of carbonyl (C=O) groups excluding carboxylic acids is 2. The number of benzene rings is 1. The lowest BCUT2D eigenvalue weighted by Crippen LogP contribution is -2.46. The molecule has 4 rings (SSSR count). The molecule has 2 fully saturated rings. The molecule has 2 aromatic rings. The molecule has 2 amide bonds. The van der Waals surface area contributed by atoms with Crippen molar-refractivity contribution in [2.45, 2.75) is 32.6 Å². The first kappa shape index (κ1) is 18.8. The fraction of sp³-hybridized carbons (Fsp3) is 0.478. The molecular weight excluding hydrogens is 350 g/mol. The SMILES string of the molecule is CC1CCN(C(=O)C2CCN(C(=O)c3ccc(-n4cccc4)cc3)CC2)CC1. The van der Waals surface area contributed by atoms with E-state index < -0.39 is 0 Å². The zero-order chi connectivity index (χ0) is 19.5. The molecule has 1 aromatic carbocycles. The Morgan fingerprint density at radius 3 is 2.00 bits per heavy atom. The van der Waals surface area contributed by atoms with Crippen molar-refractivity contribution in [3.05, 3.63) is 54.4 Å². The second kappa shape index (κ2) is 8.21. The monoisotopic (exact) mass is 379 g/mol. The smallest absolute Gasteiger partial charge is 0.253 e. The molecule has 1 aromatic heterocycles. The molecule has 0 aliphatic carbocycles. The minimum Gasteiger partial charge on any atom is -0.342 e. The van der Waals surface area contributed by atoms with Crippen molar-refractivity contribution in [3.63, 3.8) is 0 Å². The van der Waals surface area contributed by atoms with Gasteiger partial charge in [-0.1, -0.05) is 6.92 Å². The summed E-state index contributed by atoms with van der Waals surface area (Å²) in [5, 5.41) is 0. The third-order valence-electron chi connectivity index (χ3n) is 6.24. The molecule has 0 unspecified atom stereocenters. The number of hydrogen-bond acceptors (Lipinski definition) is 2. The van der Waals surface area contributed by atoms with Gasteiger partial charge >= 0.3 is 0 Å². The van der Waals surface area contributed by atoms with Gasteiger partial charge in [0.25, 0.3) is 5.91 Å². The van der Waals surface area contributed by atoms with E-state index in [1.54, 1.807) is 0 Å². The van der Waals surface area contributed by atoms with Crippen molar-refractivity contribution in [1.29, 1.82) is 0 Å². The average Bonchev–Trinajstić information content (AvgIpc) is 3.28. The number of carbonyl (C=O) groups is 2. The predicted octanol–water partition coefficient (Wildman–Crippen LogP) is 3.59. The maximum Gasteiger partial charge on any atom is 0.253 e. The minimum absolute atomic E-state index is 0.0664. The molecule has 0 N–H and O–H groups in total. The lowest BCUT2D eigenvalue weighted by molar-refractivity contribution is -0.138. The van der Waals surface area contributed by atoms with E-state index in [1.807, 2.05) is 63.2 Å². The molecule has 0 spiro atoms. The van der Waals surface area contributed by atoms with Gasteiger partial charge in [0.15, 0.2) is 0 Å². The van der Waals surface area contributed by atoms with Crippen LogP contribution in [0.15, 0.2) is 48.8 Å². The van der Waals surface area contributed by atoms with Gasteiger partial charge in [0, 0.05) is 55.7 Å². The first-order valence-corrected chi connectivity index (χ1v) is 10.4. The van der Waals surface area contributed by atoms with E-state index in [-0.39, 0.29) is 11.8 Å². The van der Waals surface area contributed by atoms with Crippen molar-refractivity contribution in [1.82, 2.24) is 14.4 Å². The number of rotatable bonds is 3. The molecule has 2 saturated heterocycles. The Balaban J connectivity index is 1.32. The molecule has 5 heteroatoms. The van der Waals surface area contributed by atoms with Crippen molar-refractivity contribution in [3.8, 4) is 5.69 Å². The topological polar surface area (TPSA) is 45.6 Å². The van der Waals surface area contributed by atoms with E-state index in [2.05, 4.69) is 6.92 Å². The fourth-order valence-electron chi connectivity index (χ4n) is 4.28. The van der Waals surface area contributed by atoms with Gasteiger partial charge in [0.2, 0.25) is 5.91 Å². The number of likely N-dealkylation sites (tertiary alicyclic amines) is 2. The number of piperidine rings is 2. The van der Waals surface area contributed by atoms with Crippen LogP contribution in [0.5, 0.6) is 0 Å². The Labute approximate surface area is 166 Å². The first-order chi connectivity index (χ1) is 13.6. The van der Waals surface area contributed by atoms with Gasteiger partial charge in [0.1, 0.15) is 0 Å². The molecule has 148 valence electrons. The van der Waals surface area contributed by atoms with Crippen LogP contribution in [0, 0.1) is 11.8 Å². The van der Waals surface area contributed by atoms with Crippen LogP contribution in [0.1, 0.15) is 43.0 Å². The molecule has 0 bridgehead atoms. The molecule has 0 radical (unpaired) electrons. The fourth-order valence-corrected chi connectivity index (χ4v) is 4.28. The summed E-state index contributed by atoms with van der Waals surface area (Å²) in [7, 11) is 0. The van der Waals surface area contributed by atoms with Crippen LogP contribution >= 0.6 is 0 Å². The third-order valence-corrected chi connectivity index (χ3v) is 6.24. The van der Waals surface area contributed by atoms with E-state index in [0.29, 0.717) is 24.6 Å². The Hall–Kier alpha value is -2.56. The van der Waals surface area contributed by atoms with Crippen molar-refractivity contribution in [2.75, 3.05) is 26.2 Å². The molecule has 3 heterocycles. The summed E-state index contributed by atoms with van der Waals surface area (Å²) < 4.78 is 2.02. The zero-order valence-corrected chi connectivity index (χ0v) is 16.6. The Morgan fingerprint density at radius 1 is 0.821 bits per heavy atom. The maximum absolute atomic E-state index is 12.8. The number of amides is 2. The summed E-state index contributed by atoms with van der Waals surface area (Å²) in [6, 6.07) is 11.7. The van der Waals surface area contributed by atoms with Crippen LogP contribution in [0.4, 0.5) is 0 Å². The van der Waals surface area contributed by atoms with Gasteiger partial charge in [0.05, 0.1) is 0 Å². The maximum atomic E-state index is 12.8. The molecule has 0 saturated carbocycles. The summed E-state index contributed by atoms with van der Waals surface area (Å²) >= 11 is 0. The number of aromatic nitrogens is 1. The third kappa shape index (κ3) is 3.98. The van der Waals surface area contributed by atoms with E-state index in [1.165, 1.54) is 0 Å². The average molecular weight is 380 g/mol. The zero-order valence-electron chi connectivity index (χ0n) is 16.6. The van der Waals surface area contributed by atoms with Gasteiger partial charge in [-0.25, -0.2) is 0 Å². The highest BCUT2D eigenvalue weighted by Gasteiger charge is 2.31. The molecule has 28 heavy (non-hydrogen) atoms. The lowest BCUT2D eigenvalue weighted by atomic mass is 9.92. The van der Waals surface area contributed by atoms with Gasteiger partial charge in [-0.05, 0) is 68.0 Å². The number of hydrogen-bond donors (Lipinski definition) is 0. The second-order valence-corrected chi connectivity index (χ2v) is 8.21. The summed E-state index contributed by atoms with van der Waals surface area (Å²) in [5.74, 6) is 1.17. The molecule has 2 aliphatic heterocycles. The van der Waals surface area contributed by atoms with Crippen molar-refractivity contribution >= 4 is 11.8 Å². The largest absolute Gasteiger partial charge is 0.342 e. The Morgan fingerprint density at radius 2 is 1.39 bits per heavy atom. The van der Waals surface area contributed by atoms with E-state index in [4.69, 9.17) is 0 Å². The highest BCUT2D eigenvalue weighted by Crippen LogP contribution is 2.24. The van der Waals surface area contributed by atoms with Crippen LogP contribution in [-0.4, -0.2) is 52.4 Å². The van der Waals surface area contributed by atoms with Gasteiger partial charge < -0.3 is 14.4 Å². The van der Waals surface area contributed by atoms with E-state index >= 15 is 0 Å². The predicted molar refractivity (Wildman–Crippen MR) is 109 cm³/mol. The highest BCUT2D eigenvalue weighted by molar-refractivity contribution is 5.94. The highest BCUT2D eigenvalue weighted by atomic mass is 16.2. The second-order valence-electron chi connectivity index (χ2n) is 8.21. The van der Waals surface area contributed by atoms with Gasteiger partial charge in [-0.2, -0.15) is 0 Å². The van der Waals surface area contributed by atoms with Crippen LogP contribution < -0.4 is 0 Å². The van der Waals surface area contributed by atoms with E-state index in [9.17, 15) is 9.59 Å². The molecule has 0 atom stereocenters. The number of nitrogens with zero attached hydrogens (tertiary/aromatic N) is 3. The van der Waals surface area contributed by atoms with Crippen LogP contribution in [0.25, 0.3) is 5.69 Å². The normalized spacial score (nSPS) is 19.0. The summed E-state index contributed by atoms with van der Waals surface area (Å²) in [6.07, 6.45) is 7.75. The van der Waals surface area contributed by atoms with Crippen LogP contribution in [0.3, 0.4) is 0 Å². The molecule has 2 aliphatic rings. The summed E-state index contributed by atoms with van der Waals surface area (Å²) in [4.78, 5) is 29.6. The van der Waals surface area contributed by atoms with Gasteiger partial charge in [-0.15, -0.1) is 0 Å². The molecular formula is C23H29N3O2. The molecule has 5 nitrogen and oxygen atoms in total. The first-order valence-electron chi connectivity index (χ1n) is 10.4. The summed E-state index contributed by atoms with van der Waals surface area (Å²) in [6.45, 7) is 5.38. The Bertz CT molecular complexity index is 797. The van der Waals surface area contributed by atoms with Gasteiger partial charge in [-0.3, -0.25) is 9.59 Å². The lowest BCUT2D eigenvalue weighted by Gasteiger charge is -2.36. The summed E-state index contributed by atoms with van der Waals surface area (Å²) in [5.41, 5.74) is 1.76. The van der Waals surface area contributed by atoms with Crippen LogP contribution in [-0.2, 0) is 4.79 Å². The van der Waals surface area contributed by atoms with Crippen molar-refractivity contribution in [2.24, 2.45) is 11.8 Å². The standard InChI is InChI=1S/C23H29N3O2/c1-18-8-14-25(15-9-18)23(28)20-10-16-26(17-11-20)22(27)19-4-6-21(7-5-19)24-12-2-3-13-24/h2-7,12-13,18,20H,8-11,14-17H2,1H3. The quantitative estimate of drug-likeness (QED) is 0.818. The minimum atomic E-state index is 0.0664. The van der Waals surface area contributed by atoms with Crippen LogP contribution in [0.2, 0.25) is 0 Å². The Kier molecular flexibility index (Phi) is 5.51.